The number of halogens is 2. The predicted molar refractivity (Wildman–Crippen MR) is 102 cm³/mol. The summed E-state index contributed by atoms with van der Waals surface area (Å²) in [4.78, 5) is 27.7. The number of ether oxygens (including phenoxy) is 1. The Kier molecular flexibility index (Phi) is 3.95. The average Bonchev–Trinajstić information content (AvgIpc) is 3.45. The van der Waals surface area contributed by atoms with Crippen molar-refractivity contribution in [3.8, 4) is 5.75 Å². The monoisotopic (exact) mass is 406 g/mol. The first-order valence-corrected chi connectivity index (χ1v) is 9.62. The van der Waals surface area contributed by atoms with Gasteiger partial charge in [-0.15, -0.1) is 0 Å². The number of hydrogen-bond acceptors (Lipinski definition) is 6. The molecule has 154 valence electrons. The first-order valence-electron chi connectivity index (χ1n) is 9.62. The molecule has 0 radical (unpaired) electrons. The van der Waals surface area contributed by atoms with Crippen molar-refractivity contribution in [3.05, 3.63) is 28.1 Å². The normalized spacial score (nSPS) is 23.6. The second-order valence-electron chi connectivity index (χ2n) is 7.88. The largest absolute Gasteiger partial charge is 0.511 e. The number of aromatic nitrogens is 1. The van der Waals surface area contributed by atoms with Crippen LogP contribution in [-0.4, -0.2) is 52.9 Å². The quantitative estimate of drug-likeness (QED) is 0.595. The van der Waals surface area contributed by atoms with E-state index in [1.165, 1.54) is 10.8 Å². The van der Waals surface area contributed by atoms with Crippen LogP contribution in [0.15, 0.2) is 11.0 Å². The van der Waals surface area contributed by atoms with E-state index in [-0.39, 0.29) is 28.7 Å². The Morgan fingerprint density at radius 1 is 1.14 bits per heavy atom. The molecule has 1 aromatic carbocycles. The molecule has 2 saturated heterocycles. The van der Waals surface area contributed by atoms with Gasteiger partial charge in [-0.3, -0.25) is 9.69 Å². The smallest absolute Gasteiger partial charge is 0.449 e. The molecule has 5 rings (SSSR count). The van der Waals surface area contributed by atoms with Crippen molar-refractivity contribution < 1.29 is 23.4 Å². The summed E-state index contributed by atoms with van der Waals surface area (Å²) in [5.74, 6) is -2.33. The summed E-state index contributed by atoms with van der Waals surface area (Å²) < 4.78 is 37.1. The second-order valence-corrected chi connectivity index (χ2v) is 7.88. The van der Waals surface area contributed by atoms with E-state index in [0.717, 1.165) is 32.4 Å². The number of hydrogen-bond donors (Lipinski definition) is 2. The third kappa shape index (κ3) is 2.73. The SMILES string of the molecule is Nc1c(F)c(N2CCN3CCC2C3)c(F)c2c1c(=O)c(OC(=O)O)cn2C1CC1. The lowest BCUT2D eigenvalue weighted by atomic mass is 10.1. The van der Waals surface area contributed by atoms with Crippen LogP contribution in [0.1, 0.15) is 25.3 Å². The van der Waals surface area contributed by atoms with Gasteiger partial charge in [0, 0.05) is 38.3 Å². The molecule has 10 heteroatoms. The third-order valence-electron chi connectivity index (χ3n) is 6.10. The number of rotatable bonds is 3. The van der Waals surface area contributed by atoms with E-state index < -0.39 is 34.7 Å². The fraction of sp³-hybridized carbons (Fsp3) is 0.474. The molecule has 3 N–H and O–H groups in total. The van der Waals surface area contributed by atoms with Gasteiger partial charge in [-0.05, 0) is 19.3 Å². The molecular formula is C19H20F2N4O4. The molecule has 3 aliphatic rings. The van der Waals surface area contributed by atoms with E-state index >= 15 is 8.78 Å². The van der Waals surface area contributed by atoms with Crippen molar-refractivity contribution in [3.63, 3.8) is 0 Å². The summed E-state index contributed by atoms with van der Waals surface area (Å²) in [7, 11) is 0. The number of pyridine rings is 1. The minimum atomic E-state index is -1.68. The summed E-state index contributed by atoms with van der Waals surface area (Å²) in [6, 6.07) is -0.134. The molecular weight excluding hydrogens is 386 g/mol. The maximum Gasteiger partial charge on any atom is 0.511 e. The zero-order chi connectivity index (χ0) is 20.4. The number of piperazine rings is 1. The fourth-order valence-corrected chi connectivity index (χ4v) is 4.58. The van der Waals surface area contributed by atoms with E-state index in [1.54, 1.807) is 4.90 Å². The minimum Gasteiger partial charge on any atom is -0.449 e. The van der Waals surface area contributed by atoms with Crippen LogP contribution in [0.3, 0.4) is 0 Å². The van der Waals surface area contributed by atoms with Crippen LogP contribution in [0.25, 0.3) is 10.9 Å². The summed E-state index contributed by atoms with van der Waals surface area (Å²) in [5, 5.41) is 8.53. The Bertz CT molecular complexity index is 1100. The maximum absolute atomic E-state index is 15.8. The standard InChI is InChI=1S/C19H20F2N4O4/c20-13-15(22)12-16(14(21)17(13)24-6-5-23-4-3-10(24)7-23)25(9-1-2-9)8-11(18(12)26)29-19(27)28/h8-10H,1-7,22H2,(H,27,28). The summed E-state index contributed by atoms with van der Waals surface area (Å²) >= 11 is 0. The van der Waals surface area contributed by atoms with E-state index in [0.29, 0.717) is 13.1 Å². The summed E-state index contributed by atoms with van der Waals surface area (Å²) in [6.07, 6.45) is 1.78. The summed E-state index contributed by atoms with van der Waals surface area (Å²) in [6.45, 7) is 2.79. The molecule has 2 unspecified atom stereocenters. The summed E-state index contributed by atoms with van der Waals surface area (Å²) in [5.41, 5.74) is 4.27. The molecule has 3 heterocycles. The van der Waals surface area contributed by atoms with Crippen molar-refractivity contribution in [1.82, 2.24) is 9.47 Å². The van der Waals surface area contributed by atoms with Crippen molar-refractivity contribution in [2.24, 2.45) is 0 Å². The Morgan fingerprint density at radius 2 is 1.90 bits per heavy atom. The lowest BCUT2D eigenvalue weighted by molar-refractivity contribution is 0.143. The number of fused-ring (bicyclic) bond motifs is 3. The molecule has 2 aliphatic heterocycles. The van der Waals surface area contributed by atoms with Crippen LogP contribution < -0.4 is 20.8 Å². The number of nitrogens with two attached hydrogens (primary N) is 1. The van der Waals surface area contributed by atoms with Gasteiger partial charge in [-0.1, -0.05) is 0 Å². The topological polar surface area (TPSA) is 101 Å². The average molecular weight is 406 g/mol. The molecule has 0 spiro atoms. The van der Waals surface area contributed by atoms with E-state index in [1.807, 2.05) is 0 Å². The van der Waals surface area contributed by atoms with Gasteiger partial charge in [0.05, 0.1) is 22.8 Å². The van der Waals surface area contributed by atoms with Gasteiger partial charge in [-0.2, -0.15) is 0 Å². The van der Waals surface area contributed by atoms with Gasteiger partial charge in [0.2, 0.25) is 5.43 Å². The minimum absolute atomic E-state index is 0.0136. The van der Waals surface area contributed by atoms with Crippen LogP contribution in [-0.2, 0) is 0 Å². The molecule has 0 amide bonds. The van der Waals surface area contributed by atoms with Crippen molar-refractivity contribution >= 4 is 28.4 Å². The van der Waals surface area contributed by atoms with Crippen molar-refractivity contribution in [2.45, 2.75) is 31.3 Å². The van der Waals surface area contributed by atoms with Crippen LogP contribution >= 0.6 is 0 Å². The molecule has 1 saturated carbocycles. The van der Waals surface area contributed by atoms with Crippen molar-refractivity contribution in [2.75, 3.05) is 36.8 Å². The third-order valence-corrected chi connectivity index (χ3v) is 6.10. The Balaban J connectivity index is 1.78. The molecule has 8 nitrogen and oxygen atoms in total. The molecule has 29 heavy (non-hydrogen) atoms. The fourth-order valence-electron chi connectivity index (χ4n) is 4.58. The number of nitrogens with zero attached hydrogens (tertiary/aromatic N) is 3. The van der Waals surface area contributed by atoms with Crippen LogP contribution in [0.2, 0.25) is 0 Å². The molecule has 1 aliphatic carbocycles. The van der Waals surface area contributed by atoms with Gasteiger partial charge >= 0.3 is 6.16 Å². The molecule has 2 bridgehead atoms. The highest BCUT2D eigenvalue weighted by atomic mass is 19.1. The highest BCUT2D eigenvalue weighted by Gasteiger charge is 2.38. The Hall–Kier alpha value is -2.88. The van der Waals surface area contributed by atoms with Crippen molar-refractivity contribution in [1.29, 1.82) is 0 Å². The first-order chi connectivity index (χ1) is 13.9. The molecule has 2 atom stereocenters. The lowest BCUT2D eigenvalue weighted by Gasteiger charge is -2.37. The number of carboxylic acid groups (broad SMARTS) is 1. The molecule has 3 fully saturated rings. The van der Waals surface area contributed by atoms with Gasteiger partial charge in [0.15, 0.2) is 17.4 Å². The van der Waals surface area contributed by atoms with Gasteiger partial charge in [0.1, 0.15) is 5.69 Å². The molecule has 2 aromatic rings. The Labute approximate surface area is 164 Å². The van der Waals surface area contributed by atoms with Gasteiger partial charge < -0.3 is 25.0 Å². The highest BCUT2D eigenvalue weighted by molar-refractivity contribution is 5.96. The van der Waals surface area contributed by atoms with E-state index in [9.17, 15) is 9.59 Å². The van der Waals surface area contributed by atoms with Crippen LogP contribution in [0.4, 0.5) is 25.0 Å². The van der Waals surface area contributed by atoms with E-state index in [4.69, 9.17) is 10.8 Å². The zero-order valence-electron chi connectivity index (χ0n) is 15.5. The second kappa shape index (κ2) is 6.31. The molecule has 1 aromatic heterocycles. The maximum atomic E-state index is 15.8. The van der Waals surface area contributed by atoms with Gasteiger partial charge in [0.25, 0.3) is 0 Å². The highest BCUT2D eigenvalue weighted by Crippen LogP contribution is 2.43. The number of carbonyl (C=O) groups is 1. The lowest BCUT2D eigenvalue weighted by Crippen LogP contribution is -2.47. The van der Waals surface area contributed by atoms with Gasteiger partial charge in [-0.25, -0.2) is 13.6 Å². The van der Waals surface area contributed by atoms with Crippen LogP contribution in [0, 0.1) is 11.6 Å². The zero-order valence-corrected chi connectivity index (χ0v) is 15.5. The van der Waals surface area contributed by atoms with Crippen LogP contribution in [0.5, 0.6) is 5.75 Å². The number of benzene rings is 1. The number of anilines is 2. The first kappa shape index (κ1) is 18.2. The van der Waals surface area contributed by atoms with E-state index in [2.05, 4.69) is 9.64 Å². The Morgan fingerprint density at radius 3 is 2.59 bits per heavy atom. The number of nitrogen functional groups attached to an aromatic ring is 1. The predicted octanol–water partition coefficient (Wildman–Crippen LogP) is 2.15.